The monoisotopic (exact) mass is 502 g/mol. The van der Waals surface area contributed by atoms with Gasteiger partial charge in [0.25, 0.3) is 5.91 Å². The van der Waals surface area contributed by atoms with Crippen molar-refractivity contribution in [1.82, 2.24) is 29.2 Å². The van der Waals surface area contributed by atoms with E-state index in [9.17, 15) is 9.59 Å². The molecule has 5 rings (SSSR count). The summed E-state index contributed by atoms with van der Waals surface area (Å²) in [5.74, 6) is 0.198. The van der Waals surface area contributed by atoms with Crippen molar-refractivity contribution >= 4 is 22.8 Å². The number of para-hydroxylation sites is 2. The zero-order valence-corrected chi connectivity index (χ0v) is 22.1. The van der Waals surface area contributed by atoms with Crippen LogP contribution in [0.4, 0.5) is 0 Å². The lowest BCUT2D eigenvalue weighted by molar-refractivity contribution is -0.134. The second-order valence-electron chi connectivity index (χ2n) is 10.3. The van der Waals surface area contributed by atoms with Crippen molar-refractivity contribution in [3.63, 3.8) is 0 Å². The van der Waals surface area contributed by atoms with Gasteiger partial charge in [-0.2, -0.15) is 0 Å². The SMILES string of the molecule is CCN(CC(=O)N1CCN(C2CCN(C)CC2)CC1)C(=O)c1nc2ccccc2n1Cc1ccccc1. The van der Waals surface area contributed by atoms with Crippen molar-refractivity contribution < 1.29 is 9.59 Å². The highest BCUT2D eigenvalue weighted by molar-refractivity contribution is 5.97. The van der Waals surface area contributed by atoms with Crippen molar-refractivity contribution in [2.24, 2.45) is 0 Å². The molecule has 2 saturated heterocycles. The molecule has 0 atom stereocenters. The Balaban J connectivity index is 1.26. The number of aromatic nitrogens is 2. The lowest BCUT2D eigenvalue weighted by Crippen LogP contribution is -2.55. The fraction of sp³-hybridized carbons (Fsp3) is 0.483. The van der Waals surface area contributed by atoms with Crippen LogP contribution in [0.2, 0.25) is 0 Å². The normalized spacial score (nSPS) is 17.8. The van der Waals surface area contributed by atoms with Crippen LogP contribution < -0.4 is 0 Å². The molecule has 0 bridgehead atoms. The van der Waals surface area contributed by atoms with Gasteiger partial charge in [0, 0.05) is 45.3 Å². The van der Waals surface area contributed by atoms with Gasteiger partial charge in [-0.3, -0.25) is 14.5 Å². The fourth-order valence-corrected chi connectivity index (χ4v) is 5.59. The minimum absolute atomic E-state index is 0.0175. The average Bonchev–Trinajstić information content (AvgIpc) is 3.30. The molecule has 0 aliphatic carbocycles. The van der Waals surface area contributed by atoms with Crippen LogP contribution in [0.15, 0.2) is 54.6 Å². The Morgan fingerprint density at radius 3 is 2.30 bits per heavy atom. The van der Waals surface area contributed by atoms with Gasteiger partial charge in [0.1, 0.15) is 6.54 Å². The van der Waals surface area contributed by atoms with Gasteiger partial charge < -0.3 is 19.3 Å². The highest BCUT2D eigenvalue weighted by Crippen LogP contribution is 2.20. The number of imidazole rings is 1. The molecule has 2 aliphatic heterocycles. The molecule has 196 valence electrons. The third-order valence-corrected chi connectivity index (χ3v) is 7.90. The molecule has 8 heteroatoms. The Morgan fingerprint density at radius 2 is 1.59 bits per heavy atom. The van der Waals surface area contributed by atoms with E-state index in [1.165, 1.54) is 12.8 Å². The first kappa shape index (κ1) is 25.4. The topological polar surface area (TPSA) is 64.9 Å². The van der Waals surface area contributed by atoms with Crippen molar-refractivity contribution in [2.75, 3.05) is 59.4 Å². The van der Waals surface area contributed by atoms with Crippen LogP contribution in [0.3, 0.4) is 0 Å². The average molecular weight is 503 g/mol. The molecule has 37 heavy (non-hydrogen) atoms. The second kappa shape index (κ2) is 11.4. The Morgan fingerprint density at radius 1 is 0.919 bits per heavy atom. The summed E-state index contributed by atoms with van der Waals surface area (Å²) in [6, 6.07) is 18.5. The van der Waals surface area contributed by atoms with Gasteiger partial charge in [-0.05, 0) is 57.6 Å². The first-order chi connectivity index (χ1) is 18.0. The van der Waals surface area contributed by atoms with E-state index in [1.54, 1.807) is 4.90 Å². The molecule has 3 aromatic rings. The number of hydrogen-bond donors (Lipinski definition) is 0. The summed E-state index contributed by atoms with van der Waals surface area (Å²) >= 11 is 0. The van der Waals surface area contributed by atoms with E-state index in [4.69, 9.17) is 4.98 Å². The summed E-state index contributed by atoms with van der Waals surface area (Å²) in [6.07, 6.45) is 2.40. The number of carbonyl (C=O) groups excluding carboxylic acids is 2. The van der Waals surface area contributed by atoms with Gasteiger partial charge in [0.15, 0.2) is 0 Å². The Bertz CT molecular complexity index is 1210. The van der Waals surface area contributed by atoms with E-state index in [-0.39, 0.29) is 18.4 Å². The smallest absolute Gasteiger partial charge is 0.290 e. The molecule has 3 heterocycles. The Labute approximate surface area is 219 Å². The van der Waals surface area contributed by atoms with Crippen molar-refractivity contribution in [3.05, 3.63) is 66.0 Å². The van der Waals surface area contributed by atoms with Crippen LogP contribution in [0.25, 0.3) is 11.0 Å². The number of carbonyl (C=O) groups is 2. The summed E-state index contributed by atoms with van der Waals surface area (Å²) in [4.78, 5) is 40.2. The van der Waals surface area contributed by atoms with Crippen LogP contribution >= 0.6 is 0 Å². The minimum atomic E-state index is -0.201. The van der Waals surface area contributed by atoms with Gasteiger partial charge in [0.2, 0.25) is 11.7 Å². The van der Waals surface area contributed by atoms with E-state index < -0.39 is 0 Å². The van der Waals surface area contributed by atoms with E-state index in [1.807, 2.05) is 58.9 Å². The largest absolute Gasteiger partial charge is 0.339 e. The minimum Gasteiger partial charge on any atom is -0.339 e. The number of hydrogen-bond acceptors (Lipinski definition) is 5. The lowest BCUT2D eigenvalue weighted by atomic mass is 10.0. The van der Waals surface area contributed by atoms with Crippen LogP contribution in [0.1, 0.15) is 35.9 Å². The molecule has 2 aromatic carbocycles. The molecule has 0 N–H and O–H groups in total. The van der Waals surface area contributed by atoms with Gasteiger partial charge in [0.05, 0.1) is 11.0 Å². The summed E-state index contributed by atoms with van der Waals surface area (Å²) in [5.41, 5.74) is 2.80. The molecule has 0 radical (unpaired) electrons. The number of piperidine rings is 1. The Kier molecular flexibility index (Phi) is 7.86. The molecule has 2 fully saturated rings. The van der Waals surface area contributed by atoms with Crippen LogP contribution in [-0.2, 0) is 11.3 Å². The molecule has 0 saturated carbocycles. The molecule has 0 spiro atoms. The zero-order chi connectivity index (χ0) is 25.8. The standard InChI is InChI=1S/C29H38N6O2/c1-3-32(22-27(36)34-19-17-33(18-20-34)24-13-15-31(2)16-14-24)29(37)28-30-25-11-7-8-12-26(25)35(28)21-23-9-5-4-6-10-23/h4-12,24H,3,13-22H2,1-2H3. The van der Waals surface area contributed by atoms with E-state index in [0.717, 1.165) is 55.9 Å². The predicted octanol–water partition coefficient (Wildman–Crippen LogP) is 2.79. The molecule has 1 aromatic heterocycles. The van der Waals surface area contributed by atoms with Gasteiger partial charge in [-0.15, -0.1) is 0 Å². The maximum absolute atomic E-state index is 13.7. The molecule has 0 unspecified atom stereocenters. The summed E-state index contributed by atoms with van der Waals surface area (Å²) < 4.78 is 1.97. The number of likely N-dealkylation sites (tertiary alicyclic amines) is 1. The third-order valence-electron chi connectivity index (χ3n) is 7.90. The van der Waals surface area contributed by atoms with Crippen molar-refractivity contribution in [3.8, 4) is 0 Å². The predicted molar refractivity (Wildman–Crippen MR) is 146 cm³/mol. The van der Waals surface area contributed by atoms with Crippen molar-refractivity contribution in [2.45, 2.75) is 32.4 Å². The van der Waals surface area contributed by atoms with Crippen molar-refractivity contribution in [1.29, 1.82) is 0 Å². The number of benzene rings is 2. The fourth-order valence-electron chi connectivity index (χ4n) is 5.59. The molecular formula is C29H38N6O2. The van der Waals surface area contributed by atoms with Gasteiger partial charge >= 0.3 is 0 Å². The van der Waals surface area contributed by atoms with E-state index >= 15 is 0 Å². The van der Waals surface area contributed by atoms with Crippen LogP contribution in [-0.4, -0.2) is 106 Å². The molecule has 8 nitrogen and oxygen atoms in total. The number of fused-ring (bicyclic) bond motifs is 1. The number of piperazine rings is 1. The van der Waals surface area contributed by atoms with Crippen LogP contribution in [0.5, 0.6) is 0 Å². The lowest BCUT2D eigenvalue weighted by Gasteiger charge is -2.42. The van der Waals surface area contributed by atoms with E-state index in [2.05, 4.69) is 29.0 Å². The first-order valence-electron chi connectivity index (χ1n) is 13.5. The van der Waals surface area contributed by atoms with Gasteiger partial charge in [-0.25, -0.2) is 4.98 Å². The third kappa shape index (κ3) is 5.70. The number of rotatable bonds is 7. The highest BCUT2D eigenvalue weighted by atomic mass is 16.2. The summed E-state index contributed by atoms with van der Waals surface area (Å²) in [7, 11) is 2.18. The molecular weight excluding hydrogens is 464 g/mol. The summed E-state index contributed by atoms with van der Waals surface area (Å²) in [5, 5.41) is 0. The number of nitrogens with zero attached hydrogens (tertiary/aromatic N) is 6. The molecule has 2 aliphatic rings. The summed E-state index contributed by atoms with van der Waals surface area (Å²) in [6.45, 7) is 8.57. The first-order valence-corrected chi connectivity index (χ1v) is 13.5. The zero-order valence-electron chi connectivity index (χ0n) is 22.1. The van der Waals surface area contributed by atoms with Crippen LogP contribution in [0, 0.1) is 0 Å². The quantitative estimate of drug-likeness (QED) is 0.497. The van der Waals surface area contributed by atoms with E-state index in [0.29, 0.717) is 25.0 Å². The highest BCUT2D eigenvalue weighted by Gasteiger charge is 2.30. The second-order valence-corrected chi connectivity index (χ2v) is 10.3. The molecule has 2 amide bonds. The Hall–Kier alpha value is -3.23. The maximum atomic E-state index is 13.7. The number of likely N-dealkylation sites (N-methyl/N-ethyl adjacent to an activating group) is 1. The van der Waals surface area contributed by atoms with Gasteiger partial charge in [-0.1, -0.05) is 42.5 Å². The maximum Gasteiger partial charge on any atom is 0.290 e. The number of amides is 2.